The lowest BCUT2D eigenvalue weighted by molar-refractivity contribution is 0.881. The molecule has 5 heteroatoms. The van der Waals surface area contributed by atoms with Crippen molar-refractivity contribution in [2.45, 2.75) is 26.8 Å². The summed E-state index contributed by atoms with van der Waals surface area (Å²) in [5.74, 6) is 0. The van der Waals surface area contributed by atoms with Crippen molar-refractivity contribution in [2.75, 3.05) is 5.32 Å². The maximum absolute atomic E-state index is 6.30. The zero-order valence-corrected chi connectivity index (χ0v) is 15.8. The van der Waals surface area contributed by atoms with Crippen molar-refractivity contribution in [3.05, 3.63) is 60.5 Å². The van der Waals surface area contributed by atoms with Crippen LogP contribution in [0.25, 0.3) is 0 Å². The average Bonchev–Trinajstić information content (AvgIpc) is 2.40. The minimum absolute atomic E-state index is 0.00460. The standard InChI is InChI=1S/C16H15BrCl3N/c1-8-6-9(2)16(12(17)7-8)21-10(3)11-4-5-13(18)15(20)14(11)19/h4-7,10,21H,1-3H3. The zero-order valence-electron chi connectivity index (χ0n) is 11.9. The van der Waals surface area contributed by atoms with Crippen LogP contribution in [0.1, 0.15) is 29.7 Å². The first-order valence-electron chi connectivity index (χ1n) is 6.48. The molecule has 0 amide bonds. The Balaban J connectivity index is 2.35. The highest BCUT2D eigenvalue weighted by Gasteiger charge is 2.16. The number of aryl methyl sites for hydroxylation is 2. The molecule has 1 unspecified atom stereocenters. The summed E-state index contributed by atoms with van der Waals surface area (Å²) in [6, 6.07) is 7.88. The van der Waals surface area contributed by atoms with Gasteiger partial charge in [-0.15, -0.1) is 0 Å². The van der Waals surface area contributed by atoms with E-state index in [9.17, 15) is 0 Å². The maximum Gasteiger partial charge on any atom is 0.0782 e. The highest BCUT2D eigenvalue weighted by atomic mass is 79.9. The lowest BCUT2D eigenvalue weighted by atomic mass is 10.1. The van der Waals surface area contributed by atoms with Crippen LogP contribution >= 0.6 is 50.7 Å². The second kappa shape index (κ2) is 6.78. The monoisotopic (exact) mass is 405 g/mol. The Hall–Kier alpha value is -0.410. The molecule has 21 heavy (non-hydrogen) atoms. The predicted octanol–water partition coefficient (Wildman–Crippen LogP) is 7.20. The molecule has 2 aromatic rings. The number of halogens is 4. The largest absolute Gasteiger partial charge is 0.377 e. The van der Waals surface area contributed by atoms with Gasteiger partial charge in [0.25, 0.3) is 0 Å². The van der Waals surface area contributed by atoms with Crippen molar-refractivity contribution in [2.24, 2.45) is 0 Å². The van der Waals surface area contributed by atoms with Crippen LogP contribution in [0.15, 0.2) is 28.7 Å². The molecule has 0 aliphatic carbocycles. The second-order valence-corrected chi connectivity index (χ2v) is 7.09. The van der Waals surface area contributed by atoms with E-state index in [-0.39, 0.29) is 6.04 Å². The molecule has 0 spiro atoms. The molecule has 0 aliphatic heterocycles. The number of anilines is 1. The van der Waals surface area contributed by atoms with Gasteiger partial charge < -0.3 is 5.32 Å². The molecule has 0 aromatic heterocycles. The van der Waals surface area contributed by atoms with E-state index in [1.807, 2.05) is 13.0 Å². The molecule has 2 aromatic carbocycles. The van der Waals surface area contributed by atoms with Gasteiger partial charge >= 0.3 is 0 Å². The van der Waals surface area contributed by atoms with Crippen LogP contribution in [0, 0.1) is 13.8 Å². The number of hydrogen-bond acceptors (Lipinski definition) is 1. The van der Waals surface area contributed by atoms with Crippen LogP contribution < -0.4 is 5.32 Å². The van der Waals surface area contributed by atoms with Gasteiger partial charge in [0.2, 0.25) is 0 Å². The van der Waals surface area contributed by atoms with Gasteiger partial charge in [-0.3, -0.25) is 0 Å². The smallest absolute Gasteiger partial charge is 0.0782 e. The molecular weight excluding hydrogens is 392 g/mol. The van der Waals surface area contributed by atoms with Gasteiger partial charge in [-0.2, -0.15) is 0 Å². The van der Waals surface area contributed by atoms with Crippen LogP contribution in [0.5, 0.6) is 0 Å². The topological polar surface area (TPSA) is 12.0 Å². The molecule has 0 bridgehead atoms. The molecule has 1 nitrogen and oxygen atoms in total. The van der Waals surface area contributed by atoms with E-state index < -0.39 is 0 Å². The van der Waals surface area contributed by atoms with Crippen LogP contribution in [-0.2, 0) is 0 Å². The average molecular weight is 408 g/mol. The maximum atomic E-state index is 6.30. The van der Waals surface area contributed by atoms with Crippen LogP contribution in [0.3, 0.4) is 0 Å². The van der Waals surface area contributed by atoms with Crippen molar-refractivity contribution in [3.8, 4) is 0 Å². The Morgan fingerprint density at radius 3 is 2.33 bits per heavy atom. The first-order valence-corrected chi connectivity index (χ1v) is 8.40. The first kappa shape index (κ1) is 17.0. The molecule has 112 valence electrons. The third-order valence-electron chi connectivity index (χ3n) is 3.32. The molecule has 1 N–H and O–H groups in total. The van der Waals surface area contributed by atoms with Gasteiger partial charge in [0.1, 0.15) is 0 Å². The Morgan fingerprint density at radius 1 is 1.05 bits per heavy atom. The third kappa shape index (κ3) is 3.68. The van der Waals surface area contributed by atoms with Gasteiger partial charge in [-0.1, -0.05) is 46.9 Å². The van der Waals surface area contributed by atoms with Crippen molar-refractivity contribution >= 4 is 56.4 Å². The molecule has 1 atom stereocenters. The highest BCUT2D eigenvalue weighted by Crippen LogP contribution is 2.38. The van der Waals surface area contributed by atoms with Crippen LogP contribution in [0.2, 0.25) is 15.1 Å². The van der Waals surface area contributed by atoms with E-state index in [2.05, 4.69) is 47.2 Å². The molecule has 0 radical (unpaired) electrons. The van der Waals surface area contributed by atoms with E-state index in [1.165, 1.54) is 11.1 Å². The summed E-state index contributed by atoms with van der Waals surface area (Å²) in [6.07, 6.45) is 0. The van der Waals surface area contributed by atoms with Crippen molar-refractivity contribution in [1.82, 2.24) is 0 Å². The summed E-state index contributed by atoms with van der Waals surface area (Å²) in [6.45, 7) is 6.18. The van der Waals surface area contributed by atoms with Crippen molar-refractivity contribution in [3.63, 3.8) is 0 Å². The number of nitrogens with one attached hydrogen (secondary N) is 1. The third-order valence-corrected chi connectivity index (χ3v) is 5.26. The summed E-state index contributed by atoms with van der Waals surface area (Å²) in [5, 5.41) is 4.82. The van der Waals surface area contributed by atoms with E-state index in [1.54, 1.807) is 6.07 Å². The second-order valence-electron chi connectivity index (χ2n) is 5.07. The van der Waals surface area contributed by atoms with Crippen LogP contribution in [0.4, 0.5) is 5.69 Å². The summed E-state index contributed by atoms with van der Waals surface area (Å²) >= 11 is 22.0. The van der Waals surface area contributed by atoms with Gasteiger partial charge in [0.05, 0.1) is 26.8 Å². The molecule has 0 saturated heterocycles. The van der Waals surface area contributed by atoms with Crippen LogP contribution in [-0.4, -0.2) is 0 Å². The van der Waals surface area contributed by atoms with Crippen molar-refractivity contribution < 1.29 is 0 Å². The molecule has 0 fully saturated rings. The van der Waals surface area contributed by atoms with E-state index >= 15 is 0 Å². The summed E-state index contributed by atoms with van der Waals surface area (Å²) in [4.78, 5) is 0. The normalized spacial score (nSPS) is 12.3. The fraction of sp³-hybridized carbons (Fsp3) is 0.250. The lowest BCUT2D eigenvalue weighted by Crippen LogP contribution is -2.09. The SMILES string of the molecule is Cc1cc(C)c(NC(C)c2ccc(Cl)c(Cl)c2Cl)c(Br)c1. The van der Waals surface area contributed by atoms with Gasteiger partial charge in [0.15, 0.2) is 0 Å². The molecular formula is C16H15BrCl3N. The summed E-state index contributed by atoms with van der Waals surface area (Å²) in [7, 11) is 0. The number of rotatable bonds is 3. The fourth-order valence-corrected chi connectivity index (χ4v) is 3.76. The first-order chi connectivity index (χ1) is 9.81. The molecule has 0 aliphatic rings. The minimum atomic E-state index is 0.00460. The van der Waals surface area contributed by atoms with Crippen molar-refractivity contribution in [1.29, 1.82) is 0 Å². The lowest BCUT2D eigenvalue weighted by Gasteiger charge is -2.21. The zero-order chi connectivity index (χ0) is 15.7. The summed E-state index contributed by atoms with van der Waals surface area (Å²) < 4.78 is 1.03. The van der Waals surface area contributed by atoms with Gasteiger partial charge in [0, 0.05) is 4.47 Å². The fourth-order valence-electron chi connectivity index (χ4n) is 2.27. The Morgan fingerprint density at radius 2 is 1.71 bits per heavy atom. The number of hydrogen-bond donors (Lipinski definition) is 1. The highest BCUT2D eigenvalue weighted by molar-refractivity contribution is 9.10. The van der Waals surface area contributed by atoms with Gasteiger partial charge in [-0.25, -0.2) is 0 Å². The Kier molecular flexibility index (Phi) is 5.48. The molecule has 2 rings (SSSR count). The molecule has 0 heterocycles. The van der Waals surface area contributed by atoms with Gasteiger partial charge in [-0.05, 0) is 65.5 Å². The minimum Gasteiger partial charge on any atom is -0.377 e. The van der Waals surface area contributed by atoms with E-state index in [0.717, 1.165) is 15.7 Å². The Labute approximate surface area is 148 Å². The Bertz CT molecular complexity index is 662. The summed E-state index contributed by atoms with van der Waals surface area (Å²) in [5.41, 5.74) is 4.35. The van der Waals surface area contributed by atoms with E-state index in [0.29, 0.717) is 15.1 Å². The quantitative estimate of drug-likeness (QED) is 0.531. The predicted molar refractivity (Wildman–Crippen MR) is 97.1 cm³/mol. The van der Waals surface area contributed by atoms with E-state index in [4.69, 9.17) is 34.8 Å². The molecule has 0 saturated carbocycles. The number of benzene rings is 2.